The van der Waals surface area contributed by atoms with Crippen molar-refractivity contribution in [2.45, 2.75) is 25.8 Å². The van der Waals surface area contributed by atoms with Crippen molar-refractivity contribution in [3.05, 3.63) is 101 Å². The Morgan fingerprint density at radius 2 is 1.63 bits per heavy atom. The molecule has 0 spiro atoms. The number of nitrogens with zero attached hydrogens (tertiary/aromatic N) is 1. The number of hydrogen-bond donors (Lipinski definition) is 2. The van der Waals surface area contributed by atoms with Crippen molar-refractivity contribution in [3.63, 3.8) is 0 Å². The molecule has 2 amide bonds. The Labute approximate surface area is 209 Å². The van der Waals surface area contributed by atoms with Crippen LogP contribution in [0, 0.1) is 0 Å². The van der Waals surface area contributed by atoms with Gasteiger partial charge in [0, 0.05) is 22.4 Å². The number of benzene rings is 3. The normalized spacial score (nSPS) is 11.1. The van der Waals surface area contributed by atoms with Crippen molar-refractivity contribution >= 4 is 28.3 Å². The Kier molecular flexibility index (Phi) is 7.27. The highest BCUT2D eigenvalue weighted by Gasteiger charge is 2.31. The van der Waals surface area contributed by atoms with E-state index >= 15 is 0 Å². The van der Waals surface area contributed by atoms with Crippen LogP contribution in [-0.4, -0.2) is 29.4 Å². The van der Waals surface area contributed by atoms with Crippen molar-refractivity contribution in [2.24, 2.45) is 0 Å². The first-order valence-corrected chi connectivity index (χ1v) is 12.0. The quantitative estimate of drug-likeness (QED) is 0.343. The second kappa shape index (κ2) is 10.5. The first-order chi connectivity index (χ1) is 16.9. The summed E-state index contributed by atoms with van der Waals surface area (Å²) in [5, 5.41) is 6.20. The van der Waals surface area contributed by atoms with Gasteiger partial charge in [-0.25, -0.2) is 4.98 Å². The lowest BCUT2D eigenvalue weighted by molar-refractivity contribution is -0.120. The molecule has 0 aliphatic rings. The number of amides is 2. The molecule has 0 aliphatic heterocycles. The minimum atomic E-state index is -1.17. The Bertz CT molecular complexity index is 1320. The molecule has 178 valence electrons. The minimum Gasteiger partial charge on any atom is -0.497 e. The maximum absolute atomic E-state index is 13.2. The largest absolute Gasteiger partial charge is 0.497 e. The average Bonchev–Trinajstić information content (AvgIpc) is 3.26. The van der Waals surface area contributed by atoms with Gasteiger partial charge in [0.15, 0.2) is 5.13 Å². The van der Waals surface area contributed by atoms with E-state index in [1.54, 1.807) is 38.1 Å². The lowest BCUT2D eigenvalue weighted by Crippen LogP contribution is -2.52. The van der Waals surface area contributed by atoms with Gasteiger partial charge in [0.25, 0.3) is 11.8 Å². The third kappa shape index (κ3) is 5.94. The molecular weight excluding hydrogens is 458 g/mol. The van der Waals surface area contributed by atoms with Gasteiger partial charge in [0.05, 0.1) is 12.8 Å². The van der Waals surface area contributed by atoms with Crippen LogP contribution in [-0.2, 0) is 11.2 Å². The van der Waals surface area contributed by atoms with Crippen LogP contribution < -0.4 is 15.4 Å². The highest BCUT2D eigenvalue weighted by atomic mass is 32.1. The number of carbonyl (C=O) groups is 2. The summed E-state index contributed by atoms with van der Waals surface area (Å²) in [5.74, 6) is -0.145. The Hall–Kier alpha value is -3.97. The first kappa shape index (κ1) is 24.2. The zero-order valence-corrected chi connectivity index (χ0v) is 20.7. The molecule has 2 N–H and O–H groups in total. The topological polar surface area (TPSA) is 80.3 Å². The molecule has 4 aromatic rings. The van der Waals surface area contributed by atoms with E-state index in [1.165, 1.54) is 18.4 Å². The molecule has 4 rings (SSSR count). The van der Waals surface area contributed by atoms with Gasteiger partial charge >= 0.3 is 0 Å². The van der Waals surface area contributed by atoms with Crippen LogP contribution in [0.5, 0.6) is 5.75 Å². The summed E-state index contributed by atoms with van der Waals surface area (Å²) in [4.78, 5) is 31.7. The molecule has 35 heavy (non-hydrogen) atoms. The van der Waals surface area contributed by atoms with Crippen LogP contribution in [0.4, 0.5) is 5.13 Å². The predicted octanol–water partition coefficient (Wildman–Crippen LogP) is 5.56. The molecule has 3 aromatic carbocycles. The number of rotatable bonds is 8. The van der Waals surface area contributed by atoms with Crippen LogP contribution in [0.3, 0.4) is 0 Å². The highest BCUT2D eigenvalue weighted by molar-refractivity contribution is 7.16. The second-order valence-electron chi connectivity index (χ2n) is 8.58. The third-order valence-electron chi connectivity index (χ3n) is 5.50. The molecule has 0 fully saturated rings. The lowest BCUT2D eigenvalue weighted by atomic mass is 10.0. The monoisotopic (exact) mass is 485 g/mol. The van der Waals surface area contributed by atoms with Gasteiger partial charge in [-0.3, -0.25) is 14.9 Å². The second-order valence-corrected chi connectivity index (χ2v) is 9.67. The summed E-state index contributed by atoms with van der Waals surface area (Å²) in [7, 11) is 1.54. The smallest absolute Gasteiger partial charge is 0.252 e. The lowest BCUT2D eigenvalue weighted by Gasteiger charge is -2.24. The zero-order chi connectivity index (χ0) is 24.8. The van der Waals surface area contributed by atoms with E-state index in [4.69, 9.17) is 9.72 Å². The maximum Gasteiger partial charge on any atom is 0.252 e. The van der Waals surface area contributed by atoms with E-state index in [9.17, 15) is 9.59 Å². The number of hydrogen-bond acceptors (Lipinski definition) is 5. The summed E-state index contributed by atoms with van der Waals surface area (Å²) in [6, 6.07) is 26.9. The van der Waals surface area contributed by atoms with Crippen LogP contribution in [0.1, 0.15) is 34.6 Å². The Morgan fingerprint density at radius 3 is 2.31 bits per heavy atom. The SMILES string of the molecule is COc1cccc(C(=O)NC(C)(C)C(=O)Nc2nc(-c3ccccc3)c(Cc3ccccc3)s2)c1. The molecule has 0 saturated heterocycles. The molecule has 1 aromatic heterocycles. The number of anilines is 1. The molecule has 0 unspecified atom stereocenters. The van der Waals surface area contributed by atoms with Gasteiger partial charge in [-0.2, -0.15) is 0 Å². The third-order valence-corrected chi connectivity index (χ3v) is 6.47. The van der Waals surface area contributed by atoms with Gasteiger partial charge in [0.1, 0.15) is 11.3 Å². The van der Waals surface area contributed by atoms with Crippen molar-refractivity contribution in [1.29, 1.82) is 0 Å². The number of aromatic nitrogens is 1. The number of carbonyl (C=O) groups excluding carboxylic acids is 2. The molecule has 6 nitrogen and oxygen atoms in total. The van der Waals surface area contributed by atoms with Crippen LogP contribution >= 0.6 is 11.3 Å². The van der Waals surface area contributed by atoms with E-state index in [0.717, 1.165) is 21.7 Å². The van der Waals surface area contributed by atoms with E-state index in [1.807, 2.05) is 48.5 Å². The van der Waals surface area contributed by atoms with Crippen molar-refractivity contribution in [2.75, 3.05) is 12.4 Å². The minimum absolute atomic E-state index is 0.353. The number of methoxy groups -OCH3 is 1. The number of nitrogens with one attached hydrogen (secondary N) is 2. The van der Waals surface area contributed by atoms with E-state index in [2.05, 4.69) is 22.8 Å². The molecular formula is C28H27N3O3S. The van der Waals surface area contributed by atoms with E-state index in [0.29, 0.717) is 22.9 Å². The fourth-order valence-corrected chi connectivity index (χ4v) is 4.57. The molecule has 1 heterocycles. The predicted molar refractivity (Wildman–Crippen MR) is 140 cm³/mol. The summed E-state index contributed by atoms with van der Waals surface area (Å²) in [6.07, 6.45) is 0.703. The number of thiazole rings is 1. The summed E-state index contributed by atoms with van der Waals surface area (Å²) in [6.45, 7) is 3.33. The molecule has 0 saturated carbocycles. The van der Waals surface area contributed by atoms with Crippen LogP contribution in [0.25, 0.3) is 11.3 Å². The first-order valence-electron chi connectivity index (χ1n) is 11.2. The molecule has 7 heteroatoms. The van der Waals surface area contributed by atoms with Gasteiger partial charge in [-0.15, -0.1) is 11.3 Å². The fourth-order valence-electron chi connectivity index (χ4n) is 3.56. The average molecular weight is 486 g/mol. The van der Waals surface area contributed by atoms with Crippen molar-refractivity contribution in [3.8, 4) is 17.0 Å². The molecule has 0 radical (unpaired) electrons. The zero-order valence-electron chi connectivity index (χ0n) is 19.9. The summed E-state index contributed by atoms with van der Waals surface area (Å²) >= 11 is 1.44. The van der Waals surface area contributed by atoms with Gasteiger partial charge in [-0.1, -0.05) is 66.7 Å². The Balaban J connectivity index is 1.54. The standard InChI is InChI=1S/C28H27N3O3S/c1-28(2,31-25(32)21-15-10-16-22(18-21)34-3)26(33)30-27-29-24(20-13-8-5-9-14-20)23(35-27)17-19-11-6-4-7-12-19/h4-16,18H,17H2,1-3H3,(H,31,32)(H,29,30,33). The van der Waals surface area contributed by atoms with Gasteiger partial charge < -0.3 is 10.1 Å². The summed E-state index contributed by atoms with van der Waals surface area (Å²) in [5.41, 5.74) is 2.24. The molecule has 0 atom stereocenters. The van der Waals surface area contributed by atoms with Crippen molar-refractivity contribution in [1.82, 2.24) is 10.3 Å². The highest BCUT2D eigenvalue weighted by Crippen LogP contribution is 2.33. The molecule has 0 bridgehead atoms. The Morgan fingerprint density at radius 1 is 0.943 bits per heavy atom. The number of ether oxygens (including phenoxy) is 1. The summed E-state index contributed by atoms with van der Waals surface area (Å²) < 4.78 is 5.19. The van der Waals surface area contributed by atoms with Crippen LogP contribution in [0.2, 0.25) is 0 Å². The van der Waals surface area contributed by atoms with E-state index in [-0.39, 0.29) is 11.8 Å². The van der Waals surface area contributed by atoms with Crippen molar-refractivity contribution < 1.29 is 14.3 Å². The van der Waals surface area contributed by atoms with Crippen LogP contribution in [0.15, 0.2) is 84.9 Å². The fraction of sp³-hybridized carbons (Fsp3) is 0.179. The van der Waals surface area contributed by atoms with E-state index < -0.39 is 5.54 Å². The maximum atomic E-state index is 13.2. The molecule has 0 aliphatic carbocycles. The van der Waals surface area contributed by atoms with Gasteiger partial charge in [0.2, 0.25) is 0 Å². The van der Waals surface area contributed by atoms with Gasteiger partial charge in [-0.05, 0) is 37.6 Å².